The minimum absolute atomic E-state index is 0.257. The second-order valence-corrected chi connectivity index (χ2v) is 5.76. The molecule has 1 aliphatic heterocycles. The molecule has 1 saturated heterocycles. The van der Waals surface area contributed by atoms with Crippen molar-refractivity contribution >= 4 is 16.9 Å². The third kappa shape index (κ3) is 2.80. The van der Waals surface area contributed by atoms with Crippen LogP contribution in [-0.4, -0.2) is 41.3 Å². The Morgan fingerprint density at radius 2 is 1.71 bits per heavy atom. The molecule has 24 heavy (non-hydrogen) atoms. The lowest BCUT2D eigenvalue weighted by atomic mass is 10.1. The number of aromatic nitrogens is 3. The van der Waals surface area contributed by atoms with E-state index in [1.807, 2.05) is 19.1 Å². The number of hydrogen-bond donors (Lipinski definition) is 0. The molecule has 0 bridgehead atoms. The van der Waals surface area contributed by atoms with Crippen LogP contribution in [0.2, 0.25) is 0 Å². The van der Waals surface area contributed by atoms with Crippen LogP contribution in [0.1, 0.15) is 5.82 Å². The van der Waals surface area contributed by atoms with E-state index in [1.165, 1.54) is 12.1 Å². The number of aryl methyl sites for hydroxylation is 1. The number of hydrogen-bond acceptors (Lipinski definition) is 5. The average Bonchev–Trinajstić information content (AvgIpc) is 2.62. The maximum Gasteiger partial charge on any atom is 0.159 e. The number of ether oxygens (including phenoxy) is 1. The van der Waals surface area contributed by atoms with Crippen molar-refractivity contribution in [3.8, 4) is 11.3 Å². The second kappa shape index (κ2) is 6.13. The highest BCUT2D eigenvalue weighted by Gasteiger charge is 2.18. The fourth-order valence-electron chi connectivity index (χ4n) is 2.89. The van der Waals surface area contributed by atoms with Gasteiger partial charge in [0.2, 0.25) is 0 Å². The fraction of sp³-hybridized carbons (Fsp3) is 0.278. The first-order valence-electron chi connectivity index (χ1n) is 7.95. The normalized spacial score (nSPS) is 15.0. The predicted octanol–water partition coefficient (Wildman–Crippen LogP) is 2.98. The fourth-order valence-corrected chi connectivity index (χ4v) is 2.89. The number of halogens is 1. The summed E-state index contributed by atoms with van der Waals surface area (Å²) in [7, 11) is 0. The Morgan fingerprint density at radius 3 is 2.46 bits per heavy atom. The van der Waals surface area contributed by atoms with Crippen molar-refractivity contribution in [1.82, 2.24) is 15.0 Å². The van der Waals surface area contributed by atoms with Crippen molar-refractivity contribution in [2.24, 2.45) is 0 Å². The van der Waals surface area contributed by atoms with E-state index < -0.39 is 0 Å². The number of pyridine rings is 1. The highest BCUT2D eigenvalue weighted by Crippen LogP contribution is 2.26. The zero-order chi connectivity index (χ0) is 16.5. The Hall–Kier alpha value is -2.60. The third-order valence-electron chi connectivity index (χ3n) is 4.09. The Balaban J connectivity index is 1.85. The number of anilines is 1. The lowest BCUT2D eigenvalue weighted by molar-refractivity contribution is 0.122. The van der Waals surface area contributed by atoms with Gasteiger partial charge in [-0.15, -0.1) is 0 Å². The van der Waals surface area contributed by atoms with Crippen molar-refractivity contribution in [3.63, 3.8) is 0 Å². The summed E-state index contributed by atoms with van der Waals surface area (Å²) in [5.41, 5.74) is 3.23. The van der Waals surface area contributed by atoms with Gasteiger partial charge in [-0.25, -0.2) is 19.3 Å². The molecule has 122 valence electrons. The lowest BCUT2D eigenvalue weighted by Gasteiger charge is -2.28. The second-order valence-electron chi connectivity index (χ2n) is 5.76. The van der Waals surface area contributed by atoms with Crippen LogP contribution < -0.4 is 4.90 Å². The van der Waals surface area contributed by atoms with Crippen molar-refractivity contribution in [2.75, 3.05) is 31.2 Å². The summed E-state index contributed by atoms with van der Waals surface area (Å²) in [5, 5.41) is 0. The van der Waals surface area contributed by atoms with Gasteiger partial charge in [0, 0.05) is 18.7 Å². The molecule has 4 rings (SSSR count). The topological polar surface area (TPSA) is 51.1 Å². The van der Waals surface area contributed by atoms with Crippen LogP contribution in [0.25, 0.3) is 22.3 Å². The monoisotopic (exact) mass is 324 g/mol. The van der Waals surface area contributed by atoms with Gasteiger partial charge in [-0.3, -0.25) is 0 Å². The number of morpholine rings is 1. The van der Waals surface area contributed by atoms with Gasteiger partial charge < -0.3 is 9.64 Å². The van der Waals surface area contributed by atoms with Crippen molar-refractivity contribution < 1.29 is 9.13 Å². The minimum Gasteiger partial charge on any atom is -0.378 e. The molecule has 0 aliphatic carbocycles. The maximum atomic E-state index is 13.1. The summed E-state index contributed by atoms with van der Waals surface area (Å²) in [6.07, 6.45) is 0. The average molecular weight is 324 g/mol. The van der Waals surface area contributed by atoms with Crippen LogP contribution in [0.15, 0.2) is 36.4 Å². The first-order valence-corrected chi connectivity index (χ1v) is 7.95. The van der Waals surface area contributed by atoms with Gasteiger partial charge in [0.25, 0.3) is 0 Å². The van der Waals surface area contributed by atoms with E-state index in [0.29, 0.717) is 13.2 Å². The van der Waals surface area contributed by atoms with Crippen LogP contribution in [0.4, 0.5) is 10.2 Å². The van der Waals surface area contributed by atoms with E-state index in [9.17, 15) is 4.39 Å². The third-order valence-corrected chi connectivity index (χ3v) is 4.09. The molecule has 0 spiro atoms. The summed E-state index contributed by atoms with van der Waals surface area (Å²) in [5.74, 6) is 1.30. The standard InChI is InChI=1S/C18H17FN4O/c1-12-20-16-7-6-15(13-2-4-14(19)5-3-13)22-17(16)18(21-12)23-8-10-24-11-9-23/h2-7H,8-11H2,1H3. The number of nitrogens with zero attached hydrogens (tertiary/aromatic N) is 4. The molecule has 1 fully saturated rings. The van der Waals surface area contributed by atoms with Gasteiger partial charge in [-0.2, -0.15) is 0 Å². The quantitative estimate of drug-likeness (QED) is 0.725. The Morgan fingerprint density at radius 1 is 0.958 bits per heavy atom. The Bertz CT molecular complexity index is 876. The molecule has 3 aromatic rings. The summed E-state index contributed by atoms with van der Waals surface area (Å²) in [6.45, 7) is 4.82. The van der Waals surface area contributed by atoms with Crippen LogP contribution >= 0.6 is 0 Å². The molecule has 2 aromatic heterocycles. The van der Waals surface area contributed by atoms with E-state index in [4.69, 9.17) is 9.72 Å². The van der Waals surface area contributed by atoms with Crippen molar-refractivity contribution in [1.29, 1.82) is 0 Å². The van der Waals surface area contributed by atoms with Gasteiger partial charge >= 0.3 is 0 Å². The molecule has 0 saturated carbocycles. The number of benzene rings is 1. The number of fused-ring (bicyclic) bond motifs is 1. The highest BCUT2D eigenvalue weighted by molar-refractivity contribution is 5.87. The van der Waals surface area contributed by atoms with E-state index in [-0.39, 0.29) is 5.82 Å². The molecular weight excluding hydrogens is 307 g/mol. The van der Waals surface area contributed by atoms with E-state index in [0.717, 1.165) is 47.0 Å². The molecule has 0 N–H and O–H groups in total. The Labute approximate surface area is 139 Å². The van der Waals surface area contributed by atoms with Gasteiger partial charge in [-0.05, 0) is 43.3 Å². The molecule has 0 radical (unpaired) electrons. The molecule has 0 amide bonds. The van der Waals surface area contributed by atoms with Gasteiger partial charge in [-0.1, -0.05) is 0 Å². The Kier molecular flexibility index (Phi) is 3.82. The van der Waals surface area contributed by atoms with Crippen LogP contribution in [0, 0.1) is 12.7 Å². The van der Waals surface area contributed by atoms with Gasteiger partial charge in [0.1, 0.15) is 17.2 Å². The molecule has 1 aliphatic rings. The summed E-state index contributed by atoms with van der Waals surface area (Å²) in [6, 6.07) is 10.2. The molecule has 0 atom stereocenters. The van der Waals surface area contributed by atoms with Crippen LogP contribution in [0.5, 0.6) is 0 Å². The molecule has 5 nitrogen and oxygen atoms in total. The SMILES string of the molecule is Cc1nc(N2CCOCC2)c2nc(-c3ccc(F)cc3)ccc2n1. The predicted molar refractivity (Wildman–Crippen MR) is 90.5 cm³/mol. The smallest absolute Gasteiger partial charge is 0.159 e. The summed E-state index contributed by atoms with van der Waals surface area (Å²) in [4.78, 5) is 16.0. The summed E-state index contributed by atoms with van der Waals surface area (Å²) < 4.78 is 18.6. The molecular formula is C18H17FN4O. The van der Waals surface area contributed by atoms with Crippen LogP contribution in [-0.2, 0) is 4.74 Å². The molecule has 0 unspecified atom stereocenters. The molecule has 1 aromatic carbocycles. The largest absolute Gasteiger partial charge is 0.378 e. The van der Waals surface area contributed by atoms with E-state index >= 15 is 0 Å². The van der Waals surface area contributed by atoms with Crippen molar-refractivity contribution in [2.45, 2.75) is 6.92 Å². The van der Waals surface area contributed by atoms with Gasteiger partial charge in [0.15, 0.2) is 5.82 Å². The first-order chi connectivity index (χ1) is 11.7. The van der Waals surface area contributed by atoms with Crippen LogP contribution in [0.3, 0.4) is 0 Å². The first kappa shape index (κ1) is 15.0. The zero-order valence-electron chi connectivity index (χ0n) is 13.4. The lowest BCUT2D eigenvalue weighted by Crippen LogP contribution is -2.37. The highest BCUT2D eigenvalue weighted by atomic mass is 19.1. The number of rotatable bonds is 2. The molecule has 6 heteroatoms. The molecule has 3 heterocycles. The summed E-state index contributed by atoms with van der Waals surface area (Å²) >= 11 is 0. The van der Waals surface area contributed by atoms with E-state index in [1.54, 1.807) is 12.1 Å². The minimum atomic E-state index is -0.257. The van der Waals surface area contributed by atoms with Gasteiger partial charge in [0.05, 0.1) is 24.4 Å². The zero-order valence-corrected chi connectivity index (χ0v) is 13.4. The van der Waals surface area contributed by atoms with Crippen molar-refractivity contribution in [3.05, 3.63) is 48.0 Å². The van der Waals surface area contributed by atoms with E-state index in [2.05, 4.69) is 14.9 Å². The maximum absolute atomic E-state index is 13.1.